The molecular weight excluding hydrogens is 396 g/mol. The summed E-state index contributed by atoms with van der Waals surface area (Å²) in [6, 6.07) is 0. The van der Waals surface area contributed by atoms with Crippen LogP contribution < -0.4 is 0 Å². The molecule has 0 unspecified atom stereocenters. The molecule has 0 atom stereocenters. The number of carbonyl (C=O) groups excluding carboxylic acids is 1. The molecule has 0 bridgehead atoms. The first-order chi connectivity index (χ1) is 10.9. The van der Waals surface area contributed by atoms with E-state index in [1.165, 1.54) is 0 Å². The van der Waals surface area contributed by atoms with Gasteiger partial charge in [-0.05, 0) is 6.42 Å². The number of alkyl halides is 12. The topological polar surface area (TPSA) is 35.5 Å². The predicted molar refractivity (Wildman–Crippen MR) is 53.5 cm³/mol. The average Bonchev–Trinajstić information content (AvgIpc) is 2.38. The Morgan fingerprint density at radius 2 is 1.16 bits per heavy atom. The molecule has 0 radical (unpaired) electrons. The number of hydrogen-bond acceptors (Lipinski definition) is 3. The summed E-state index contributed by atoms with van der Waals surface area (Å²) in [5.74, 6) is -17.6. The second-order valence-corrected chi connectivity index (χ2v) is 4.47. The van der Waals surface area contributed by atoms with Crippen LogP contribution in [0.4, 0.5) is 57.5 Å². The van der Waals surface area contributed by atoms with E-state index in [1.807, 2.05) is 0 Å². The van der Waals surface area contributed by atoms with Crippen molar-refractivity contribution in [3.05, 3.63) is 0 Å². The second-order valence-electron chi connectivity index (χ2n) is 4.47. The summed E-state index contributed by atoms with van der Waals surface area (Å²) in [6.07, 6.45) is -17.8. The van der Waals surface area contributed by atoms with Gasteiger partial charge in [-0.1, -0.05) is 0 Å². The summed E-state index contributed by atoms with van der Waals surface area (Å²) in [5.41, 5.74) is 0. The molecule has 25 heavy (non-hydrogen) atoms. The van der Waals surface area contributed by atoms with E-state index < -0.39 is 62.3 Å². The first kappa shape index (κ1) is 23.4. The molecular formula is C10H8F12O3. The van der Waals surface area contributed by atoms with Crippen LogP contribution in [-0.2, 0) is 9.47 Å². The lowest BCUT2D eigenvalue weighted by atomic mass is 10.2. The third kappa shape index (κ3) is 6.02. The fourth-order valence-corrected chi connectivity index (χ4v) is 1.08. The molecule has 0 aromatic heterocycles. The third-order valence-electron chi connectivity index (χ3n) is 2.46. The van der Waals surface area contributed by atoms with E-state index in [2.05, 4.69) is 9.47 Å². The van der Waals surface area contributed by atoms with Crippen LogP contribution in [0.3, 0.4) is 0 Å². The first-order valence-electron chi connectivity index (χ1n) is 5.91. The fourth-order valence-electron chi connectivity index (χ4n) is 1.08. The molecule has 0 heterocycles. The van der Waals surface area contributed by atoms with Gasteiger partial charge in [-0.3, -0.25) is 0 Å². The van der Waals surface area contributed by atoms with Gasteiger partial charge in [-0.2, -0.15) is 52.7 Å². The zero-order valence-corrected chi connectivity index (χ0v) is 11.6. The normalized spacial score (nSPS) is 14.4. The number of carbonyl (C=O) groups is 1. The average molecular weight is 404 g/mol. The van der Waals surface area contributed by atoms with Crippen molar-refractivity contribution in [2.24, 2.45) is 0 Å². The molecule has 0 aromatic carbocycles. The van der Waals surface area contributed by atoms with Gasteiger partial charge in [0.05, 0.1) is 6.61 Å². The molecule has 0 spiro atoms. The van der Waals surface area contributed by atoms with Gasteiger partial charge >= 0.3 is 36.3 Å². The Bertz CT molecular complexity index is 453. The van der Waals surface area contributed by atoms with Crippen LogP contribution in [0.5, 0.6) is 0 Å². The van der Waals surface area contributed by atoms with Gasteiger partial charge in [-0.25, -0.2) is 4.79 Å². The summed E-state index contributed by atoms with van der Waals surface area (Å²) in [7, 11) is 0. The van der Waals surface area contributed by atoms with Crippen LogP contribution in [0.1, 0.15) is 12.8 Å². The van der Waals surface area contributed by atoms with Gasteiger partial charge in [0.1, 0.15) is 0 Å². The van der Waals surface area contributed by atoms with Crippen molar-refractivity contribution in [1.29, 1.82) is 0 Å². The minimum absolute atomic E-state index is 1.13. The molecule has 0 N–H and O–H groups in total. The zero-order valence-electron chi connectivity index (χ0n) is 11.6. The van der Waals surface area contributed by atoms with Crippen molar-refractivity contribution in [2.45, 2.75) is 43.0 Å². The van der Waals surface area contributed by atoms with E-state index in [0.29, 0.717) is 0 Å². The number of hydrogen-bond donors (Lipinski definition) is 0. The molecule has 0 aliphatic rings. The molecule has 0 rings (SSSR count). The standard InChI is InChI=1S/C10H8F12O3/c11-6(12,9(17,18)19)2-1-3-24-5(23)25-4-7(13,14)8(15,16)10(20,21)22/h1-4H2. The Morgan fingerprint density at radius 1 is 0.680 bits per heavy atom. The van der Waals surface area contributed by atoms with Crippen LogP contribution in [0.15, 0.2) is 0 Å². The molecule has 0 aliphatic carbocycles. The van der Waals surface area contributed by atoms with Gasteiger partial charge in [0.15, 0.2) is 6.61 Å². The summed E-state index contributed by atoms with van der Waals surface area (Å²) < 4.78 is 153. The maximum atomic E-state index is 12.7. The highest BCUT2D eigenvalue weighted by molar-refractivity contribution is 5.59. The van der Waals surface area contributed by atoms with Gasteiger partial charge in [0.25, 0.3) is 0 Å². The number of ether oxygens (including phenoxy) is 2. The monoisotopic (exact) mass is 404 g/mol. The zero-order chi connectivity index (χ0) is 20.3. The van der Waals surface area contributed by atoms with Gasteiger partial charge in [-0.15, -0.1) is 0 Å². The molecule has 0 aliphatic heterocycles. The van der Waals surface area contributed by atoms with E-state index in [0.717, 1.165) is 0 Å². The fraction of sp³-hybridized carbons (Fsp3) is 0.900. The minimum Gasteiger partial charge on any atom is -0.434 e. The quantitative estimate of drug-likeness (QED) is 0.342. The SMILES string of the molecule is O=C(OCCCC(F)(F)C(F)(F)F)OCC(F)(F)C(F)(F)C(F)(F)F. The van der Waals surface area contributed by atoms with Crippen molar-refractivity contribution in [3.63, 3.8) is 0 Å². The van der Waals surface area contributed by atoms with Gasteiger partial charge < -0.3 is 9.47 Å². The highest BCUT2D eigenvalue weighted by Gasteiger charge is 2.73. The van der Waals surface area contributed by atoms with Crippen molar-refractivity contribution in [3.8, 4) is 0 Å². The Morgan fingerprint density at radius 3 is 1.56 bits per heavy atom. The van der Waals surface area contributed by atoms with Crippen molar-refractivity contribution < 1.29 is 67.0 Å². The lowest BCUT2D eigenvalue weighted by molar-refractivity contribution is -0.359. The van der Waals surface area contributed by atoms with Crippen molar-refractivity contribution >= 4 is 6.16 Å². The number of halogens is 12. The molecule has 0 aromatic rings. The lowest BCUT2D eigenvalue weighted by Gasteiger charge is -2.27. The highest BCUT2D eigenvalue weighted by Crippen LogP contribution is 2.46. The summed E-state index contributed by atoms with van der Waals surface area (Å²) >= 11 is 0. The maximum Gasteiger partial charge on any atom is 0.508 e. The Balaban J connectivity index is 4.38. The largest absolute Gasteiger partial charge is 0.508 e. The molecule has 0 saturated carbocycles. The summed E-state index contributed by atoms with van der Waals surface area (Å²) in [4.78, 5) is 10.7. The molecule has 0 fully saturated rings. The maximum absolute atomic E-state index is 12.7. The molecule has 3 nitrogen and oxygen atoms in total. The minimum atomic E-state index is -6.66. The summed E-state index contributed by atoms with van der Waals surface area (Å²) in [6.45, 7) is -3.98. The molecule has 150 valence electrons. The third-order valence-corrected chi connectivity index (χ3v) is 2.46. The highest BCUT2D eigenvalue weighted by atomic mass is 19.4. The van der Waals surface area contributed by atoms with Crippen molar-refractivity contribution in [1.82, 2.24) is 0 Å². The molecule has 15 heteroatoms. The predicted octanol–water partition coefficient (Wildman–Crippen LogP) is 4.95. The van der Waals surface area contributed by atoms with Gasteiger partial charge in [0, 0.05) is 6.42 Å². The number of rotatable bonds is 7. The van der Waals surface area contributed by atoms with E-state index in [1.54, 1.807) is 0 Å². The van der Waals surface area contributed by atoms with Gasteiger partial charge in [0.2, 0.25) is 0 Å². The second kappa shape index (κ2) is 7.35. The lowest BCUT2D eigenvalue weighted by Crippen LogP contribution is -2.54. The first-order valence-corrected chi connectivity index (χ1v) is 5.91. The van der Waals surface area contributed by atoms with Crippen LogP contribution in [0.2, 0.25) is 0 Å². The van der Waals surface area contributed by atoms with E-state index in [-0.39, 0.29) is 0 Å². The van der Waals surface area contributed by atoms with E-state index in [9.17, 15) is 57.5 Å². The van der Waals surface area contributed by atoms with Crippen molar-refractivity contribution in [2.75, 3.05) is 13.2 Å². The van der Waals surface area contributed by atoms with Crippen LogP contribution in [0, 0.1) is 0 Å². The Hall–Kier alpha value is -1.57. The van der Waals surface area contributed by atoms with Crippen LogP contribution in [0.25, 0.3) is 0 Å². The Labute approximate surface area is 130 Å². The van der Waals surface area contributed by atoms with E-state index in [4.69, 9.17) is 0 Å². The Kier molecular flexibility index (Phi) is 6.89. The smallest absolute Gasteiger partial charge is 0.434 e. The molecule has 0 saturated heterocycles. The molecule has 0 amide bonds. The van der Waals surface area contributed by atoms with Crippen LogP contribution in [-0.4, -0.2) is 49.5 Å². The summed E-state index contributed by atoms with van der Waals surface area (Å²) in [5, 5.41) is 0. The van der Waals surface area contributed by atoms with E-state index >= 15 is 0 Å². The van der Waals surface area contributed by atoms with Crippen LogP contribution >= 0.6 is 0 Å².